The van der Waals surface area contributed by atoms with Gasteiger partial charge >= 0.3 is 0 Å². The van der Waals surface area contributed by atoms with Gasteiger partial charge in [-0.3, -0.25) is 4.90 Å². The van der Waals surface area contributed by atoms with E-state index in [9.17, 15) is 0 Å². The van der Waals surface area contributed by atoms with Crippen LogP contribution in [0.15, 0.2) is 25.3 Å². The summed E-state index contributed by atoms with van der Waals surface area (Å²) in [5.74, 6) is 0. The van der Waals surface area contributed by atoms with E-state index in [4.69, 9.17) is 4.74 Å². The third-order valence-electron chi connectivity index (χ3n) is 3.22. The predicted molar refractivity (Wildman–Crippen MR) is 58.3 cm³/mol. The van der Waals surface area contributed by atoms with Crippen LogP contribution in [-0.4, -0.2) is 36.2 Å². The zero-order chi connectivity index (χ0) is 9.97. The van der Waals surface area contributed by atoms with Crippen molar-refractivity contribution in [1.82, 2.24) is 4.90 Å². The van der Waals surface area contributed by atoms with E-state index in [-0.39, 0.29) is 0 Å². The number of nitrogens with zero attached hydrogens (tertiary/aromatic N) is 1. The Kier molecular flexibility index (Phi) is 3.04. The molecule has 0 amide bonds. The Morgan fingerprint density at radius 3 is 2.43 bits per heavy atom. The second kappa shape index (κ2) is 4.28. The lowest BCUT2D eigenvalue weighted by molar-refractivity contribution is 0.199. The fraction of sp³-hybridized carbons (Fsp3) is 0.667. The molecule has 0 radical (unpaired) electrons. The molecule has 3 unspecified atom stereocenters. The summed E-state index contributed by atoms with van der Waals surface area (Å²) in [7, 11) is 0. The van der Waals surface area contributed by atoms with E-state index in [0.717, 1.165) is 13.1 Å². The van der Waals surface area contributed by atoms with Gasteiger partial charge in [0.1, 0.15) is 0 Å². The average molecular weight is 193 g/mol. The summed E-state index contributed by atoms with van der Waals surface area (Å²) in [4.78, 5) is 2.44. The van der Waals surface area contributed by atoms with Gasteiger partial charge in [0.2, 0.25) is 0 Å². The molecule has 2 fully saturated rings. The molecule has 1 saturated heterocycles. The minimum atomic E-state index is 0.561. The van der Waals surface area contributed by atoms with Crippen LogP contribution in [0.25, 0.3) is 0 Å². The zero-order valence-corrected chi connectivity index (χ0v) is 8.69. The topological polar surface area (TPSA) is 15.8 Å². The summed E-state index contributed by atoms with van der Waals surface area (Å²) in [5, 5.41) is 0. The van der Waals surface area contributed by atoms with Gasteiger partial charge in [-0.15, -0.1) is 13.2 Å². The van der Waals surface area contributed by atoms with Crippen LogP contribution < -0.4 is 0 Å². The van der Waals surface area contributed by atoms with E-state index >= 15 is 0 Å². The minimum absolute atomic E-state index is 0.561. The first-order valence-corrected chi connectivity index (χ1v) is 5.46. The molecule has 0 spiro atoms. The quantitative estimate of drug-likeness (QED) is 0.490. The first kappa shape index (κ1) is 9.94. The fourth-order valence-corrected chi connectivity index (χ4v) is 2.42. The largest absolute Gasteiger partial charge is 0.370 e. The van der Waals surface area contributed by atoms with Crippen LogP contribution in [0, 0.1) is 0 Å². The molecule has 0 aromatic rings. The molecule has 2 heteroatoms. The Labute approximate surface area is 86.2 Å². The Bertz CT molecular complexity index is 216. The third-order valence-corrected chi connectivity index (χ3v) is 3.22. The van der Waals surface area contributed by atoms with Gasteiger partial charge in [-0.25, -0.2) is 0 Å². The van der Waals surface area contributed by atoms with Gasteiger partial charge in [-0.1, -0.05) is 12.2 Å². The van der Waals surface area contributed by atoms with Crippen molar-refractivity contribution in [1.29, 1.82) is 0 Å². The van der Waals surface area contributed by atoms with Gasteiger partial charge in [0.05, 0.1) is 12.2 Å². The molecule has 0 aromatic carbocycles. The number of ether oxygens (including phenoxy) is 1. The van der Waals surface area contributed by atoms with Gasteiger partial charge in [-0.05, 0) is 19.3 Å². The van der Waals surface area contributed by atoms with Gasteiger partial charge in [0, 0.05) is 19.1 Å². The molecule has 1 heterocycles. The SMILES string of the molecule is C=CCN(CC=C)C1CCC2OC2C1. The molecule has 0 N–H and O–H groups in total. The van der Waals surface area contributed by atoms with Crippen LogP contribution in [0.4, 0.5) is 0 Å². The summed E-state index contributed by atoms with van der Waals surface area (Å²) in [6.07, 6.45) is 8.81. The number of fused-ring (bicyclic) bond motifs is 1. The second-order valence-electron chi connectivity index (χ2n) is 4.21. The monoisotopic (exact) mass is 193 g/mol. The van der Waals surface area contributed by atoms with Crippen molar-refractivity contribution in [2.75, 3.05) is 13.1 Å². The highest BCUT2D eigenvalue weighted by atomic mass is 16.6. The fourth-order valence-electron chi connectivity index (χ4n) is 2.42. The van der Waals surface area contributed by atoms with E-state index < -0.39 is 0 Å². The second-order valence-corrected chi connectivity index (χ2v) is 4.21. The average Bonchev–Trinajstić information content (AvgIpc) is 2.95. The molecule has 2 aliphatic rings. The summed E-state index contributed by atoms with van der Waals surface area (Å²) in [6.45, 7) is 9.53. The van der Waals surface area contributed by atoms with Crippen LogP contribution in [-0.2, 0) is 4.74 Å². The van der Waals surface area contributed by atoms with Crippen molar-refractivity contribution in [3.8, 4) is 0 Å². The first-order chi connectivity index (χ1) is 6.85. The number of hydrogen-bond donors (Lipinski definition) is 0. The molecule has 3 atom stereocenters. The van der Waals surface area contributed by atoms with Gasteiger partial charge in [0.25, 0.3) is 0 Å². The van der Waals surface area contributed by atoms with Crippen molar-refractivity contribution < 1.29 is 4.74 Å². The molecule has 1 aliphatic heterocycles. The van der Waals surface area contributed by atoms with Crippen molar-refractivity contribution in [3.05, 3.63) is 25.3 Å². The maximum absolute atomic E-state index is 5.54. The molecule has 0 bridgehead atoms. The Morgan fingerprint density at radius 2 is 1.86 bits per heavy atom. The van der Waals surface area contributed by atoms with Gasteiger partial charge < -0.3 is 4.74 Å². The lowest BCUT2D eigenvalue weighted by atomic mass is 9.94. The first-order valence-electron chi connectivity index (χ1n) is 5.46. The summed E-state index contributed by atoms with van der Waals surface area (Å²) < 4.78 is 5.54. The highest BCUT2D eigenvalue weighted by Crippen LogP contribution is 2.38. The van der Waals surface area contributed by atoms with Crippen molar-refractivity contribution in [2.24, 2.45) is 0 Å². The molecule has 14 heavy (non-hydrogen) atoms. The smallest absolute Gasteiger partial charge is 0.0856 e. The van der Waals surface area contributed by atoms with Gasteiger partial charge in [-0.2, -0.15) is 0 Å². The van der Waals surface area contributed by atoms with E-state index in [1.807, 2.05) is 12.2 Å². The van der Waals surface area contributed by atoms with Crippen LogP contribution in [0.3, 0.4) is 0 Å². The van der Waals surface area contributed by atoms with Crippen molar-refractivity contribution in [3.63, 3.8) is 0 Å². The molecule has 0 aromatic heterocycles. The van der Waals surface area contributed by atoms with Crippen LogP contribution >= 0.6 is 0 Å². The number of epoxide rings is 1. The Balaban J connectivity index is 1.88. The molecular formula is C12H19NO. The minimum Gasteiger partial charge on any atom is -0.370 e. The van der Waals surface area contributed by atoms with Crippen molar-refractivity contribution in [2.45, 2.75) is 37.5 Å². The van der Waals surface area contributed by atoms with E-state index in [2.05, 4.69) is 18.1 Å². The number of hydrogen-bond acceptors (Lipinski definition) is 2. The van der Waals surface area contributed by atoms with Crippen molar-refractivity contribution >= 4 is 0 Å². The van der Waals surface area contributed by atoms with E-state index in [1.54, 1.807) is 0 Å². The van der Waals surface area contributed by atoms with Crippen LogP contribution in [0.2, 0.25) is 0 Å². The summed E-state index contributed by atoms with van der Waals surface area (Å²) in [6, 6.07) is 0.676. The summed E-state index contributed by atoms with van der Waals surface area (Å²) in [5.41, 5.74) is 0. The standard InChI is InChI=1S/C12H19NO/c1-3-7-13(8-4-2)10-5-6-11-12(9-10)14-11/h3-4,10-12H,1-2,5-9H2. The molecular weight excluding hydrogens is 174 g/mol. The third kappa shape index (κ3) is 2.07. The van der Waals surface area contributed by atoms with Gasteiger partial charge in [0.15, 0.2) is 0 Å². The predicted octanol–water partition coefficient (Wildman–Crippen LogP) is 1.98. The molecule has 2 rings (SSSR count). The lowest BCUT2D eigenvalue weighted by Gasteiger charge is -2.31. The van der Waals surface area contributed by atoms with Crippen LogP contribution in [0.5, 0.6) is 0 Å². The Morgan fingerprint density at radius 1 is 1.14 bits per heavy atom. The maximum atomic E-state index is 5.54. The molecule has 1 saturated carbocycles. The Hall–Kier alpha value is -0.600. The highest BCUT2D eigenvalue weighted by molar-refractivity contribution is 4.97. The van der Waals surface area contributed by atoms with Crippen LogP contribution in [0.1, 0.15) is 19.3 Å². The molecule has 78 valence electrons. The van der Waals surface area contributed by atoms with E-state index in [1.165, 1.54) is 19.3 Å². The number of rotatable bonds is 5. The normalized spacial score (nSPS) is 35.1. The lowest BCUT2D eigenvalue weighted by Crippen LogP contribution is -2.38. The maximum Gasteiger partial charge on any atom is 0.0856 e. The zero-order valence-electron chi connectivity index (χ0n) is 8.69. The molecule has 2 nitrogen and oxygen atoms in total. The highest BCUT2D eigenvalue weighted by Gasteiger charge is 2.44. The molecule has 1 aliphatic carbocycles. The summed E-state index contributed by atoms with van der Waals surface area (Å²) >= 11 is 0. The van der Waals surface area contributed by atoms with E-state index in [0.29, 0.717) is 18.2 Å².